The highest BCUT2D eigenvalue weighted by atomic mass is 35.5. The van der Waals surface area contributed by atoms with Gasteiger partial charge in [0.2, 0.25) is 0 Å². The number of rotatable bonds is 3. The van der Waals surface area contributed by atoms with E-state index >= 15 is 0 Å². The number of benzene rings is 1. The fraction of sp³-hybridized carbons (Fsp3) is 0.533. The summed E-state index contributed by atoms with van der Waals surface area (Å²) in [5, 5.41) is 3.07. The van der Waals surface area contributed by atoms with Crippen molar-refractivity contribution in [2.75, 3.05) is 6.54 Å². The third-order valence-electron chi connectivity index (χ3n) is 3.77. The topological polar surface area (TPSA) is 29.1 Å². The first-order chi connectivity index (χ1) is 9.08. The summed E-state index contributed by atoms with van der Waals surface area (Å²) in [7, 11) is 0. The Labute approximate surface area is 118 Å². The van der Waals surface area contributed by atoms with Gasteiger partial charge < -0.3 is 5.32 Å². The molecule has 2 atom stereocenters. The Balaban J connectivity index is 1.93. The Morgan fingerprint density at radius 1 is 1.42 bits per heavy atom. The molecule has 2 nitrogen and oxygen atoms in total. The summed E-state index contributed by atoms with van der Waals surface area (Å²) >= 11 is 6.26. The number of hydrogen-bond acceptors (Lipinski definition) is 1. The molecular weight excluding hydrogens is 265 g/mol. The van der Waals surface area contributed by atoms with Crippen molar-refractivity contribution < 1.29 is 9.18 Å². The van der Waals surface area contributed by atoms with E-state index in [1.807, 2.05) is 0 Å². The van der Waals surface area contributed by atoms with Crippen molar-refractivity contribution in [1.82, 2.24) is 5.32 Å². The lowest BCUT2D eigenvalue weighted by Gasteiger charge is -2.27. The van der Waals surface area contributed by atoms with Crippen LogP contribution in [0, 0.1) is 18.7 Å². The van der Waals surface area contributed by atoms with Crippen molar-refractivity contribution in [3.8, 4) is 0 Å². The summed E-state index contributed by atoms with van der Waals surface area (Å²) in [6.07, 6.45) is 4.45. The molecule has 1 aromatic carbocycles. The summed E-state index contributed by atoms with van der Waals surface area (Å²) in [5.74, 6) is -0.116. The van der Waals surface area contributed by atoms with Gasteiger partial charge in [0.15, 0.2) is 0 Å². The van der Waals surface area contributed by atoms with Crippen LogP contribution in [0.15, 0.2) is 18.2 Å². The molecule has 0 radical (unpaired) electrons. The Morgan fingerprint density at radius 2 is 2.16 bits per heavy atom. The summed E-state index contributed by atoms with van der Waals surface area (Å²) in [6, 6.07) is 4.21. The molecule has 1 aliphatic carbocycles. The van der Waals surface area contributed by atoms with Gasteiger partial charge in [-0.05, 0) is 49.4 Å². The molecule has 4 heteroatoms. The number of hydrogen-bond donors (Lipinski definition) is 1. The maximum atomic E-state index is 13.0. The van der Waals surface area contributed by atoms with E-state index in [0.29, 0.717) is 23.6 Å². The van der Waals surface area contributed by atoms with E-state index in [-0.39, 0.29) is 17.1 Å². The van der Waals surface area contributed by atoms with E-state index < -0.39 is 0 Å². The van der Waals surface area contributed by atoms with E-state index in [9.17, 15) is 9.18 Å². The van der Waals surface area contributed by atoms with Gasteiger partial charge in [-0.2, -0.15) is 0 Å². The highest BCUT2D eigenvalue weighted by molar-refractivity contribution is 6.20. The molecule has 1 N–H and O–H groups in total. The Morgan fingerprint density at radius 3 is 2.84 bits per heavy atom. The van der Waals surface area contributed by atoms with Gasteiger partial charge in [0.05, 0.1) is 0 Å². The standard InChI is InChI=1S/C15H19ClFNO/c1-10-8-12(17)6-7-13(10)15(19)18-9-11-4-2-3-5-14(11)16/h6-8,11,14H,2-5,9H2,1H3,(H,18,19). The van der Waals surface area contributed by atoms with Gasteiger partial charge in [-0.25, -0.2) is 4.39 Å². The summed E-state index contributed by atoms with van der Waals surface area (Å²) in [6.45, 7) is 2.34. The number of carbonyl (C=O) groups is 1. The minimum Gasteiger partial charge on any atom is -0.352 e. The predicted molar refractivity (Wildman–Crippen MR) is 75.1 cm³/mol. The number of halogens is 2. The van der Waals surface area contributed by atoms with Crippen molar-refractivity contribution in [2.45, 2.75) is 38.0 Å². The lowest BCUT2D eigenvalue weighted by atomic mass is 9.88. The van der Waals surface area contributed by atoms with E-state index in [1.165, 1.54) is 31.0 Å². The van der Waals surface area contributed by atoms with Crippen molar-refractivity contribution in [1.29, 1.82) is 0 Å². The summed E-state index contributed by atoms with van der Waals surface area (Å²) in [5.41, 5.74) is 1.19. The zero-order valence-electron chi connectivity index (χ0n) is 11.1. The van der Waals surface area contributed by atoms with Gasteiger partial charge >= 0.3 is 0 Å². The van der Waals surface area contributed by atoms with Gasteiger partial charge in [0.25, 0.3) is 5.91 Å². The molecule has 1 aliphatic rings. The molecule has 0 aromatic heterocycles. The molecule has 104 valence electrons. The monoisotopic (exact) mass is 283 g/mol. The van der Waals surface area contributed by atoms with Crippen molar-refractivity contribution >= 4 is 17.5 Å². The smallest absolute Gasteiger partial charge is 0.251 e. The molecule has 2 rings (SSSR count). The van der Waals surface area contributed by atoms with E-state index in [4.69, 9.17) is 11.6 Å². The molecular formula is C15H19ClFNO. The first kappa shape index (κ1) is 14.3. The second-order valence-corrected chi connectivity index (χ2v) is 5.79. The van der Waals surface area contributed by atoms with Crippen LogP contribution in [0.4, 0.5) is 4.39 Å². The molecule has 1 saturated carbocycles. The van der Waals surface area contributed by atoms with Gasteiger partial charge in [0, 0.05) is 17.5 Å². The van der Waals surface area contributed by atoms with Crippen LogP contribution in [0.5, 0.6) is 0 Å². The molecule has 1 aromatic rings. The minimum absolute atomic E-state index is 0.146. The molecule has 0 spiro atoms. The fourth-order valence-electron chi connectivity index (χ4n) is 2.59. The van der Waals surface area contributed by atoms with Crippen LogP contribution in [0.25, 0.3) is 0 Å². The largest absolute Gasteiger partial charge is 0.352 e. The van der Waals surface area contributed by atoms with Crippen LogP contribution in [0.1, 0.15) is 41.6 Å². The molecule has 0 heterocycles. The fourth-order valence-corrected chi connectivity index (χ4v) is 2.96. The normalized spacial score (nSPS) is 23.1. The van der Waals surface area contributed by atoms with Crippen LogP contribution in [0.2, 0.25) is 0 Å². The van der Waals surface area contributed by atoms with E-state index in [2.05, 4.69) is 5.32 Å². The molecule has 0 bridgehead atoms. The lowest BCUT2D eigenvalue weighted by Crippen LogP contribution is -2.35. The maximum absolute atomic E-state index is 13.0. The average Bonchev–Trinajstić information content (AvgIpc) is 2.37. The first-order valence-electron chi connectivity index (χ1n) is 6.76. The molecule has 1 fully saturated rings. The van der Waals surface area contributed by atoms with Gasteiger partial charge in [-0.1, -0.05) is 12.8 Å². The third kappa shape index (κ3) is 3.69. The molecule has 19 heavy (non-hydrogen) atoms. The number of nitrogens with one attached hydrogen (secondary N) is 1. The minimum atomic E-state index is -0.317. The molecule has 2 unspecified atom stereocenters. The summed E-state index contributed by atoms with van der Waals surface area (Å²) < 4.78 is 13.0. The molecule has 1 amide bonds. The Bertz CT molecular complexity index is 463. The van der Waals surface area contributed by atoms with E-state index in [1.54, 1.807) is 6.92 Å². The van der Waals surface area contributed by atoms with Gasteiger partial charge in [0.1, 0.15) is 5.82 Å². The zero-order valence-corrected chi connectivity index (χ0v) is 11.8. The predicted octanol–water partition coefficient (Wildman–Crippen LogP) is 3.66. The van der Waals surface area contributed by atoms with Crippen LogP contribution in [-0.4, -0.2) is 17.8 Å². The highest BCUT2D eigenvalue weighted by Gasteiger charge is 2.23. The summed E-state index contributed by atoms with van der Waals surface area (Å²) in [4.78, 5) is 12.0. The van der Waals surface area contributed by atoms with E-state index in [0.717, 1.165) is 12.8 Å². The molecule has 0 saturated heterocycles. The van der Waals surface area contributed by atoms with Crippen LogP contribution in [-0.2, 0) is 0 Å². The Hall–Kier alpha value is -1.09. The number of amides is 1. The quantitative estimate of drug-likeness (QED) is 0.843. The first-order valence-corrected chi connectivity index (χ1v) is 7.20. The van der Waals surface area contributed by atoms with Gasteiger partial charge in [-0.3, -0.25) is 4.79 Å². The van der Waals surface area contributed by atoms with Crippen molar-refractivity contribution in [2.24, 2.45) is 5.92 Å². The van der Waals surface area contributed by atoms with Crippen LogP contribution < -0.4 is 5.32 Å². The van der Waals surface area contributed by atoms with Crippen LogP contribution >= 0.6 is 11.6 Å². The SMILES string of the molecule is Cc1cc(F)ccc1C(=O)NCC1CCCCC1Cl. The number of carbonyl (C=O) groups excluding carboxylic acids is 1. The third-order valence-corrected chi connectivity index (χ3v) is 4.35. The van der Waals surface area contributed by atoms with Crippen LogP contribution in [0.3, 0.4) is 0 Å². The van der Waals surface area contributed by atoms with Crippen molar-refractivity contribution in [3.05, 3.63) is 35.1 Å². The Kier molecular flexibility index (Phi) is 4.81. The van der Waals surface area contributed by atoms with Gasteiger partial charge in [-0.15, -0.1) is 11.6 Å². The molecule has 0 aliphatic heterocycles. The zero-order chi connectivity index (χ0) is 13.8. The number of alkyl halides is 1. The maximum Gasteiger partial charge on any atom is 0.251 e. The number of aryl methyl sites for hydroxylation is 1. The second-order valence-electron chi connectivity index (χ2n) is 5.23. The average molecular weight is 284 g/mol. The highest BCUT2D eigenvalue weighted by Crippen LogP contribution is 2.28. The lowest BCUT2D eigenvalue weighted by molar-refractivity contribution is 0.0943. The van der Waals surface area contributed by atoms with Crippen molar-refractivity contribution in [3.63, 3.8) is 0 Å². The second kappa shape index (κ2) is 6.38.